The predicted octanol–water partition coefficient (Wildman–Crippen LogP) is 2.82. The van der Waals surface area contributed by atoms with Crippen molar-refractivity contribution in [1.29, 1.82) is 0 Å². The van der Waals surface area contributed by atoms with Crippen LogP contribution in [0.15, 0.2) is 18.2 Å². The van der Waals surface area contributed by atoms with E-state index >= 15 is 0 Å². The van der Waals surface area contributed by atoms with Crippen LogP contribution in [-0.4, -0.2) is 24.1 Å². The topological polar surface area (TPSA) is 29.3 Å². The number of thioether (sulfide) groups is 1. The molecule has 1 atom stereocenters. The Morgan fingerprint density at radius 2 is 2.33 bits per heavy atom. The Balaban J connectivity index is 2.21. The first-order valence-electron chi connectivity index (χ1n) is 5.08. The molecule has 15 heavy (non-hydrogen) atoms. The molecule has 0 amide bonds. The minimum absolute atomic E-state index is 0.706. The number of hydrogen-bond donors (Lipinski definition) is 1. The molecule has 0 aromatic heterocycles. The van der Waals surface area contributed by atoms with Crippen LogP contribution in [0.25, 0.3) is 0 Å². The molecular weight excluding hydrogens is 319 g/mol. The van der Waals surface area contributed by atoms with Crippen LogP contribution in [0.3, 0.4) is 0 Å². The molecule has 82 valence electrons. The number of benzene rings is 1. The van der Waals surface area contributed by atoms with E-state index in [2.05, 4.69) is 46.5 Å². The fraction of sp³-hybridized carbons (Fsp3) is 0.455. The zero-order valence-corrected chi connectivity index (χ0v) is 11.7. The SMILES string of the molecule is CC1CN(c2ccc(I)cc2N)CCS1. The molecule has 0 spiro atoms. The van der Waals surface area contributed by atoms with Crippen molar-refractivity contribution in [2.75, 3.05) is 29.5 Å². The van der Waals surface area contributed by atoms with Gasteiger partial charge in [0.15, 0.2) is 0 Å². The van der Waals surface area contributed by atoms with Crippen molar-refractivity contribution in [2.45, 2.75) is 12.2 Å². The van der Waals surface area contributed by atoms with Crippen LogP contribution in [0.4, 0.5) is 11.4 Å². The number of hydrogen-bond acceptors (Lipinski definition) is 3. The van der Waals surface area contributed by atoms with E-state index in [9.17, 15) is 0 Å². The van der Waals surface area contributed by atoms with Gasteiger partial charge in [-0.15, -0.1) is 0 Å². The lowest BCUT2D eigenvalue weighted by Crippen LogP contribution is -2.37. The van der Waals surface area contributed by atoms with E-state index in [4.69, 9.17) is 5.73 Å². The third kappa shape index (κ3) is 2.72. The van der Waals surface area contributed by atoms with Crippen molar-refractivity contribution in [2.24, 2.45) is 0 Å². The van der Waals surface area contributed by atoms with E-state index in [1.54, 1.807) is 0 Å². The molecule has 1 heterocycles. The summed E-state index contributed by atoms with van der Waals surface area (Å²) >= 11 is 4.34. The van der Waals surface area contributed by atoms with Gasteiger partial charge < -0.3 is 10.6 Å². The summed E-state index contributed by atoms with van der Waals surface area (Å²) in [5, 5.41) is 0.706. The highest BCUT2D eigenvalue weighted by molar-refractivity contribution is 14.1. The Morgan fingerprint density at radius 3 is 3.00 bits per heavy atom. The fourth-order valence-electron chi connectivity index (χ4n) is 1.85. The molecule has 1 saturated heterocycles. The quantitative estimate of drug-likeness (QED) is 0.633. The number of anilines is 2. The Morgan fingerprint density at radius 1 is 1.53 bits per heavy atom. The summed E-state index contributed by atoms with van der Waals surface area (Å²) < 4.78 is 1.20. The molecule has 2 nitrogen and oxygen atoms in total. The van der Waals surface area contributed by atoms with E-state index in [0.717, 1.165) is 18.8 Å². The van der Waals surface area contributed by atoms with Gasteiger partial charge in [-0.3, -0.25) is 0 Å². The number of nitrogens with two attached hydrogens (primary N) is 1. The average Bonchev–Trinajstić information content (AvgIpc) is 2.17. The summed E-state index contributed by atoms with van der Waals surface area (Å²) in [6, 6.07) is 6.31. The molecule has 0 saturated carbocycles. The highest BCUT2D eigenvalue weighted by Crippen LogP contribution is 2.29. The Kier molecular flexibility index (Phi) is 3.66. The zero-order chi connectivity index (χ0) is 10.8. The molecular formula is C11H15IN2S. The lowest BCUT2D eigenvalue weighted by atomic mass is 10.2. The number of halogens is 1. The van der Waals surface area contributed by atoms with E-state index in [0.29, 0.717) is 5.25 Å². The summed E-state index contributed by atoms with van der Waals surface area (Å²) in [7, 11) is 0. The zero-order valence-electron chi connectivity index (χ0n) is 8.74. The molecule has 1 unspecified atom stereocenters. The third-order valence-corrected chi connectivity index (χ3v) is 4.38. The first-order valence-corrected chi connectivity index (χ1v) is 7.21. The smallest absolute Gasteiger partial charge is 0.0601 e. The molecule has 1 aromatic rings. The molecule has 0 radical (unpaired) electrons. The van der Waals surface area contributed by atoms with Gasteiger partial charge in [0.1, 0.15) is 0 Å². The summed E-state index contributed by atoms with van der Waals surface area (Å²) in [5.74, 6) is 1.20. The van der Waals surface area contributed by atoms with Crippen molar-refractivity contribution in [3.8, 4) is 0 Å². The number of nitrogen functional groups attached to an aromatic ring is 1. The van der Waals surface area contributed by atoms with Gasteiger partial charge in [0.25, 0.3) is 0 Å². The fourth-order valence-corrected chi connectivity index (χ4v) is 3.38. The Labute approximate surface area is 109 Å². The van der Waals surface area contributed by atoms with Crippen LogP contribution in [0.5, 0.6) is 0 Å². The minimum atomic E-state index is 0.706. The molecule has 2 N–H and O–H groups in total. The molecule has 4 heteroatoms. The van der Waals surface area contributed by atoms with Crippen molar-refractivity contribution >= 4 is 45.7 Å². The maximum Gasteiger partial charge on any atom is 0.0601 e. The monoisotopic (exact) mass is 334 g/mol. The van der Waals surface area contributed by atoms with Crippen LogP contribution in [0.1, 0.15) is 6.92 Å². The predicted molar refractivity (Wildman–Crippen MR) is 77.7 cm³/mol. The van der Waals surface area contributed by atoms with E-state index in [1.807, 2.05) is 17.8 Å². The first-order chi connectivity index (χ1) is 7.16. The second-order valence-corrected chi connectivity index (χ2v) is 6.62. The lowest BCUT2D eigenvalue weighted by Gasteiger charge is -2.33. The summed E-state index contributed by atoms with van der Waals surface area (Å²) in [6.45, 7) is 4.50. The molecule has 1 aliphatic rings. The highest BCUT2D eigenvalue weighted by Gasteiger charge is 2.18. The van der Waals surface area contributed by atoms with Gasteiger partial charge in [0.2, 0.25) is 0 Å². The molecule has 0 bridgehead atoms. The van der Waals surface area contributed by atoms with Crippen LogP contribution < -0.4 is 10.6 Å². The Bertz CT molecular complexity index is 356. The van der Waals surface area contributed by atoms with Gasteiger partial charge in [-0.05, 0) is 40.8 Å². The van der Waals surface area contributed by atoms with Crippen molar-refractivity contribution < 1.29 is 0 Å². The summed E-state index contributed by atoms with van der Waals surface area (Å²) in [4.78, 5) is 2.40. The third-order valence-electron chi connectivity index (χ3n) is 2.57. The van der Waals surface area contributed by atoms with E-state index < -0.39 is 0 Å². The largest absolute Gasteiger partial charge is 0.397 e. The maximum atomic E-state index is 6.04. The second kappa shape index (κ2) is 4.82. The Hall–Kier alpha value is -0.100. The molecule has 1 fully saturated rings. The molecule has 1 aromatic carbocycles. The first kappa shape index (κ1) is 11.4. The van der Waals surface area contributed by atoms with Gasteiger partial charge in [-0.1, -0.05) is 6.92 Å². The second-order valence-electron chi connectivity index (χ2n) is 3.83. The maximum absolute atomic E-state index is 6.04. The van der Waals surface area contributed by atoms with Gasteiger partial charge in [0, 0.05) is 27.7 Å². The summed E-state index contributed by atoms with van der Waals surface area (Å²) in [6.07, 6.45) is 0. The van der Waals surface area contributed by atoms with Crippen molar-refractivity contribution in [3.63, 3.8) is 0 Å². The van der Waals surface area contributed by atoms with Gasteiger partial charge in [-0.2, -0.15) is 11.8 Å². The summed E-state index contributed by atoms with van der Waals surface area (Å²) in [5.41, 5.74) is 8.14. The van der Waals surface area contributed by atoms with Gasteiger partial charge in [0.05, 0.1) is 11.4 Å². The number of rotatable bonds is 1. The number of nitrogens with zero attached hydrogens (tertiary/aromatic N) is 1. The molecule has 1 aliphatic heterocycles. The van der Waals surface area contributed by atoms with Gasteiger partial charge in [-0.25, -0.2) is 0 Å². The highest BCUT2D eigenvalue weighted by atomic mass is 127. The van der Waals surface area contributed by atoms with Crippen LogP contribution >= 0.6 is 34.4 Å². The standard InChI is InChI=1S/C11H15IN2S/c1-8-7-14(4-5-15-8)11-3-2-9(12)6-10(11)13/h2-3,6,8H,4-5,7,13H2,1H3. The molecule has 2 rings (SSSR count). The van der Waals surface area contributed by atoms with Crippen molar-refractivity contribution in [1.82, 2.24) is 0 Å². The lowest BCUT2D eigenvalue weighted by molar-refractivity contribution is 0.784. The average molecular weight is 334 g/mol. The normalized spacial score (nSPS) is 21.7. The van der Waals surface area contributed by atoms with Crippen LogP contribution in [0.2, 0.25) is 0 Å². The van der Waals surface area contributed by atoms with E-state index in [1.165, 1.54) is 15.0 Å². The minimum Gasteiger partial charge on any atom is -0.397 e. The van der Waals surface area contributed by atoms with E-state index in [-0.39, 0.29) is 0 Å². The van der Waals surface area contributed by atoms with Crippen LogP contribution in [-0.2, 0) is 0 Å². The molecule has 0 aliphatic carbocycles. The van der Waals surface area contributed by atoms with Crippen molar-refractivity contribution in [3.05, 3.63) is 21.8 Å². The van der Waals surface area contributed by atoms with Crippen LogP contribution in [0, 0.1) is 3.57 Å². The van der Waals surface area contributed by atoms with Gasteiger partial charge >= 0.3 is 0 Å².